The summed E-state index contributed by atoms with van der Waals surface area (Å²) in [6.07, 6.45) is 1.29. The minimum Gasteiger partial charge on any atom is -0.504 e. The number of halogens is 1. The van der Waals surface area contributed by atoms with Gasteiger partial charge in [-0.3, -0.25) is 4.57 Å². The van der Waals surface area contributed by atoms with Crippen LogP contribution < -0.4 is 5.32 Å². The molecule has 1 saturated heterocycles. The van der Waals surface area contributed by atoms with E-state index in [1.54, 1.807) is 23.0 Å². The Morgan fingerprint density at radius 3 is 2.92 bits per heavy atom. The van der Waals surface area contributed by atoms with E-state index < -0.39 is 6.08 Å². The fraction of sp³-hybridized carbons (Fsp3) is 0.267. The molecule has 124 valence electrons. The first kappa shape index (κ1) is 14.6. The molecule has 1 aliphatic rings. The Labute approximate surface area is 135 Å². The zero-order chi connectivity index (χ0) is 16.7. The first-order valence-corrected chi connectivity index (χ1v) is 7.39. The molecule has 3 N–H and O–H groups in total. The van der Waals surface area contributed by atoms with Crippen molar-refractivity contribution in [3.05, 3.63) is 36.2 Å². The van der Waals surface area contributed by atoms with Crippen LogP contribution in [0.3, 0.4) is 0 Å². The molecule has 0 radical (unpaired) electrons. The molecular formula is C15H14FN5O3. The number of aromatic hydroxyl groups is 2. The molecule has 24 heavy (non-hydrogen) atoms. The van der Waals surface area contributed by atoms with Crippen molar-refractivity contribution in [1.29, 1.82) is 0 Å². The van der Waals surface area contributed by atoms with E-state index in [9.17, 15) is 14.6 Å². The van der Waals surface area contributed by atoms with E-state index in [-0.39, 0.29) is 30.1 Å². The van der Waals surface area contributed by atoms with Crippen LogP contribution in [0, 0.1) is 6.08 Å². The number of imidazole rings is 1. The van der Waals surface area contributed by atoms with Crippen LogP contribution in [0.1, 0.15) is 18.2 Å². The van der Waals surface area contributed by atoms with Crippen LogP contribution in [-0.2, 0) is 11.3 Å². The monoisotopic (exact) mass is 331 g/mol. The highest BCUT2D eigenvalue weighted by molar-refractivity contribution is 5.82. The largest absolute Gasteiger partial charge is 0.504 e. The maximum absolute atomic E-state index is 13.8. The van der Waals surface area contributed by atoms with Crippen molar-refractivity contribution in [2.45, 2.75) is 19.2 Å². The highest BCUT2D eigenvalue weighted by atomic mass is 19.1. The minimum absolute atomic E-state index is 0.137. The number of hydrogen-bond acceptors (Lipinski definition) is 7. The Kier molecular flexibility index (Phi) is 3.42. The highest BCUT2D eigenvalue weighted by Gasteiger charge is 2.24. The fourth-order valence-corrected chi connectivity index (χ4v) is 2.57. The zero-order valence-corrected chi connectivity index (χ0v) is 12.5. The van der Waals surface area contributed by atoms with Gasteiger partial charge in [0.05, 0.1) is 12.9 Å². The molecule has 1 atom stereocenters. The molecule has 2 aromatic heterocycles. The van der Waals surface area contributed by atoms with Gasteiger partial charge in [0.25, 0.3) is 0 Å². The van der Waals surface area contributed by atoms with Crippen LogP contribution in [0.15, 0.2) is 24.5 Å². The number of phenolic OH excluding ortho intramolecular Hbond substituents is 2. The van der Waals surface area contributed by atoms with Gasteiger partial charge >= 0.3 is 6.08 Å². The van der Waals surface area contributed by atoms with E-state index in [4.69, 9.17) is 4.74 Å². The Balaban J connectivity index is 1.66. The van der Waals surface area contributed by atoms with Crippen LogP contribution in [-0.4, -0.2) is 36.3 Å². The van der Waals surface area contributed by atoms with Crippen LogP contribution in [0.25, 0.3) is 11.2 Å². The van der Waals surface area contributed by atoms with Crippen molar-refractivity contribution in [2.75, 3.05) is 11.9 Å². The van der Waals surface area contributed by atoms with Gasteiger partial charge in [0.15, 0.2) is 28.5 Å². The lowest BCUT2D eigenvalue weighted by Gasteiger charge is -2.27. The van der Waals surface area contributed by atoms with Gasteiger partial charge in [0.1, 0.15) is 6.23 Å². The van der Waals surface area contributed by atoms with Crippen molar-refractivity contribution in [1.82, 2.24) is 19.5 Å². The number of fused-ring (bicyclic) bond motifs is 1. The van der Waals surface area contributed by atoms with Gasteiger partial charge in [-0.05, 0) is 6.07 Å². The van der Waals surface area contributed by atoms with E-state index in [0.29, 0.717) is 23.3 Å². The molecule has 4 rings (SSSR count). The van der Waals surface area contributed by atoms with Gasteiger partial charge in [-0.25, -0.2) is 4.98 Å². The maximum atomic E-state index is 13.8. The van der Waals surface area contributed by atoms with E-state index in [1.807, 2.05) is 0 Å². The summed E-state index contributed by atoms with van der Waals surface area (Å²) in [5.74, 6) is -0.248. The number of aromatic nitrogens is 4. The van der Waals surface area contributed by atoms with Crippen molar-refractivity contribution < 1.29 is 19.3 Å². The predicted molar refractivity (Wildman–Crippen MR) is 82.0 cm³/mol. The standard InChI is InChI=1S/C15H14FN5O3/c16-15-19-13(17-6-8-2-1-3-9(22)12(8)23)11-14(20-15)21(7-18-11)10-4-5-24-10/h1-3,7,10,22-23H,4-6H2,(H,17,19,20). The number of benzene rings is 1. The lowest BCUT2D eigenvalue weighted by Crippen LogP contribution is -2.24. The minimum atomic E-state index is -0.883. The average molecular weight is 331 g/mol. The third-order valence-corrected chi connectivity index (χ3v) is 3.92. The Morgan fingerprint density at radius 1 is 1.33 bits per heavy atom. The van der Waals surface area contributed by atoms with Gasteiger partial charge in [0.2, 0.25) is 0 Å². The quantitative estimate of drug-likeness (QED) is 0.495. The molecule has 1 unspecified atom stereocenters. The summed E-state index contributed by atoms with van der Waals surface area (Å²) < 4.78 is 20.8. The van der Waals surface area contributed by atoms with Crippen LogP contribution in [0.2, 0.25) is 0 Å². The van der Waals surface area contributed by atoms with Crippen LogP contribution >= 0.6 is 0 Å². The van der Waals surface area contributed by atoms with E-state index in [0.717, 1.165) is 6.42 Å². The van der Waals surface area contributed by atoms with E-state index >= 15 is 0 Å². The fourth-order valence-electron chi connectivity index (χ4n) is 2.57. The molecule has 1 aliphatic heterocycles. The highest BCUT2D eigenvalue weighted by Crippen LogP contribution is 2.30. The van der Waals surface area contributed by atoms with Gasteiger partial charge in [-0.15, -0.1) is 0 Å². The smallest absolute Gasteiger partial charge is 0.312 e. The Morgan fingerprint density at radius 2 is 2.17 bits per heavy atom. The molecule has 0 aliphatic carbocycles. The number of ether oxygens (including phenoxy) is 1. The molecule has 1 fully saturated rings. The summed E-state index contributed by atoms with van der Waals surface area (Å²) in [4.78, 5) is 11.8. The first-order valence-electron chi connectivity index (χ1n) is 7.39. The molecular weight excluding hydrogens is 317 g/mol. The zero-order valence-electron chi connectivity index (χ0n) is 12.5. The molecule has 9 heteroatoms. The topological polar surface area (TPSA) is 105 Å². The van der Waals surface area contributed by atoms with E-state index in [2.05, 4.69) is 20.3 Å². The third-order valence-electron chi connectivity index (χ3n) is 3.92. The van der Waals surface area contributed by atoms with Crippen molar-refractivity contribution >= 4 is 17.0 Å². The maximum Gasteiger partial charge on any atom is 0.312 e. The summed E-state index contributed by atoms with van der Waals surface area (Å²) in [6, 6.07) is 4.62. The van der Waals surface area contributed by atoms with Crippen molar-refractivity contribution in [3.63, 3.8) is 0 Å². The molecule has 3 aromatic rings. The summed E-state index contributed by atoms with van der Waals surface area (Å²) in [5.41, 5.74) is 1.20. The van der Waals surface area contributed by atoms with Crippen molar-refractivity contribution in [2.24, 2.45) is 0 Å². The molecule has 0 spiro atoms. The van der Waals surface area contributed by atoms with Gasteiger partial charge in [-0.2, -0.15) is 14.4 Å². The van der Waals surface area contributed by atoms with Gasteiger partial charge in [-0.1, -0.05) is 12.1 Å². The SMILES string of the molecule is Oc1cccc(CNc2nc(F)nc3c2ncn3C2CCO2)c1O. The predicted octanol–water partition coefficient (Wildman–Crippen LogP) is 1.91. The van der Waals surface area contributed by atoms with Crippen LogP contribution in [0.4, 0.5) is 10.2 Å². The first-order chi connectivity index (χ1) is 11.6. The number of nitrogens with zero attached hydrogens (tertiary/aromatic N) is 4. The molecule has 3 heterocycles. The number of phenols is 2. The van der Waals surface area contributed by atoms with E-state index in [1.165, 1.54) is 6.07 Å². The molecule has 0 saturated carbocycles. The normalized spacial score (nSPS) is 17.0. The second-order valence-electron chi connectivity index (χ2n) is 5.42. The Bertz CT molecular complexity index is 910. The second-order valence-corrected chi connectivity index (χ2v) is 5.42. The van der Waals surface area contributed by atoms with Gasteiger partial charge in [0, 0.05) is 18.5 Å². The third kappa shape index (κ3) is 2.38. The number of hydrogen-bond donors (Lipinski definition) is 3. The molecule has 1 aromatic carbocycles. The second kappa shape index (κ2) is 5.60. The number of rotatable bonds is 4. The summed E-state index contributed by atoms with van der Waals surface area (Å²) in [5, 5.41) is 22.3. The average Bonchev–Trinajstić information content (AvgIpc) is 2.90. The lowest BCUT2D eigenvalue weighted by atomic mass is 10.2. The number of anilines is 1. The molecule has 8 nitrogen and oxygen atoms in total. The van der Waals surface area contributed by atoms with Gasteiger partial charge < -0.3 is 20.3 Å². The summed E-state index contributed by atoms with van der Waals surface area (Å²) in [6.45, 7) is 0.790. The summed E-state index contributed by atoms with van der Waals surface area (Å²) >= 11 is 0. The van der Waals surface area contributed by atoms with Crippen LogP contribution in [0.5, 0.6) is 11.5 Å². The summed E-state index contributed by atoms with van der Waals surface area (Å²) in [7, 11) is 0. The molecule has 0 amide bonds. The van der Waals surface area contributed by atoms with Crippen molar-refractivity contribution in [3.8, 4) is 11.5 Å². The lowest BCUT2D eigenvalue weighted by molar-refractivity contribution is -0.0974. The number of para-hydroxylation sites is 1. The Hall–Kier alpha value is -2.94. The number of nitrogens with one attached hydrogen (secondary N) is 1. The molecule has 0 bridgehead atoms.